The molecule has 1 heterocycles. The van der Waals surface area contributed by atoms with E-state index >= 15 is 0 Å². The maximum Gasteiger partial charge on any atom is 0.150 e. The minimum absolute atomic E-state index is 0.308. The highest BCUT2D eigenvalue weighted by Gasteiger charge is 2.09. The summed E-state index contributed by atoms with van der Waals surface area (Å²) in [4.78, 5) is 13.0. The van der Waals surface area contributed by atoms with Crippen molar-refractivity contribution in [3.63, 3.8) is 0 Å². The number of nitrogens with zero attached hydrogens (tertiary/aromatic N) is 1. The summed E-state index contributed by atoms with van der Waals surface area (Å²) in [7, 11) is 0. The predicted octanol–water partition coefficient (Wildman–Crippen LogP) is 2.50. The minimum Gasteiger partial charge on any atom is -0.492 e. The lowest BCUT2D eigenvalue weighted by Gasteiger charge is -2.26. The minimum atomic E-state index is -0.437. The largest absolute Gasteiger partial charge is 0.492 e. The van der Waals surface area contributed by atoms with Gasteiger partial charge >= 0.3 is 0 Å². The molecule has 0 bridgehead atoms. The van der Waals surface area contributed by atoms with Crippen LogP contribution in [-0.4, -0.2) is 37.4 Å². The molecule has 1 aliphatic heterocycles. The molecule has 0 saturated carbocycles. The average Bonchev–Trinajstić information content (AvgIpc) is 2.39. The fraction of sp³-hybridized carbons (Fsp3) is 0.500. The fourth-order valence-corrected chi connectivity index (χ4v) is 2.21. The zero-order valence-corrected chi connectivity index (χ0v) is 10.4. The van der Waals surface area contributed by atoms with Crippen LogP contribution < -0.4 is 4.74 Å². The van der Waals surface area contributed by atoms with Gasteiger partial charge in [0.2, 0.25) is 0 Å². The molecular formula is C14H18FNO2. The summed E-state index contributed by atoms with van der Waals surface area (Å²) in [5.41, 5.74) is 0.308. The Kier molecular flexibility index (Phi) is 4.70. The van der Waals surface area contributed by atoms with Crippen LogP contribution in [0.15, 0.2) is 18.2 Å². The van der Waals surface area contributed by atoms with Gasteiger partial charge in [-0.15, -0.1) is 0 Å². The van der Waals surface area contributed by atoms with Crippen LogP contribution in [0.1, 0.15) is 29.6 Å². The van der Waals surface area contributed by atoms with Crippen LogP contribution in [0.4, 0.5) is 4.39 Å². The number of halogens is 1. The Morgan fingerprint density at radius 3 is 2.72 bits per heavy atom. The number of carbonyl (C=O) groups excluding carboxylic acids is 1. The molecule has 0 amide bonds. The zero-order valence-electron chi connectivity index (χ0n) is 10.4. The Morgan fingerprint density at radius 2 is 2.00 bits per heavy atom. The highest BCUT2D eigenvalue weighted by molar-refractivity contribution is 5.75. The molecule has 1 aliphatic rings. The maximum absolute atomic E-state index is 13.1. The quantitative estimate of drug-likeness (QED) is 0.753. The van der Waals surface area contributed by atoms with Gasteiger partial charge in [0, 0.05) is 18.2 Å². The summed E-state index contributed by atoms with van der Waals surface area (Å²) in [6, 6.07) is 4.07. The van der Waals surface area contributed by atoms with Gasteiger partial charge in [0.05, 0.1) is 0 Å². The first-order valence-corrected chi connectivity index (χ1v) is 6.39. The monoisotopic (exact) mass is 251 g/mol. The summed E-state index contributed by atoms with van der Waals surface area (Å²) in [5, 5.41) is 0. The molecule has 3 nitrogen and oxygen atoms in total. The molecule has 0 atom stereocenters. The van der Waals surface area contributed by atoms with E-state index in [4.69, 9.17) is 4.74 Å². The van der Waals surface area contributed by atoms with E-state index < -0.39 is 5.82 Å². The number of likely N-dealkylation sites (tertiary alicyclic amines) is 1. The summed E-state index contributed by atoms with van der Waals surface area (Å²) in [5.74, 6) is -0.0123. The van der Waals surface area contributed by atoms with Crippen molar-refractivity contribution in [1.82, 2.24) is 4.90 Å². The lowest BCUT2D eigenvalue weighted by molar-refractivity contribution is 0.112. The zero-order chi connectivity index (χ0) is 12.8. The number of hydrogen-bond acceptors (Lipinski definition) is 3. The number of ether oxygens (including phenoxy) is 1. The smallest absolute Gasteiger partial charge is 0.150 e. The number of rotatable bonds is 5. The highest BCUT2D eigenvalue weighted by atomic mass is 19.1. The molecule has 0 spiro atoms. The van der Waals surface area contributed by atoms with Gasteiger partial charge in [0.15, 0.2) is 0 Å². The topological polar surface area (TPSA) is 29.5 Å². The molecular weight excluding hydrogens is 233 g/mol. The second kappa shape index (κ2) is 6.50. The molecule has 2 rings (SSSR count). The molecule has 18 heavy (non-hydrogen) atoms. The Hall–Kier alpha value is -1.42. The van der Waals surface area contributed by atoms with Gasteiger partial charge in [-0.3, -0.25) is 9.69 Å². The standard InChI is InChI=1S/C14H18FNO2/c15-13-8-12(11-17)9-14(10-13)18-7-6-16-4-2-1-3-5-16/h8-11H,1-7H2. The molecule has 1 aromatic carbocycles. The molecule has 4 heteroatoms. The first-order chi connectivity index (χ1) is 8.78. The van der Waals surface area contributed by atoms with Crippen LogP contribution in [0.2, 0.25) is 0 Å². The van der Waals surface area contributed by atoms with Gasteiger partial charge in [0.25, 0.3) is 0 Å². The van der Waals surface area contributed by atoms with Crippen molar-refractivity contribution in [3.05, 3.63) is 29.6 Å². The van der Waals surface area contributed by atoms with E-state index in [-0.39, 0.29) is 0 Å². The number of benzene rings is 1. The van der Waals surface area contributed by atoms with E-state index in [0.717, 1.165) is 19.6 Å². The molecule has 0 aliphatic carbocycles. The first-order valence-electron chi connectivity index (χ1n) is 6.39. The van der Waals surface area contributed by atoms with E-state index in [1.54, 1.807) is 6.07 Å². The Labute approximate surface area is 107 Å². The van der Waals surface area contributed by atoms with E-state index in [9.17, 15) is 9.18 Å². The Bertz CT molecular complexity index is 403. The SMILES string of the molecule is O=Cc1cc(F)cc(OCCN2CCCCC2)c1. The van der Waals surface area contributed by atoms with Gasteiger partial charge in [-0.2, -0.15) is 0 Å². The third-order valence-electron chi connectivity index (χ3n) is 3.15. The molecule has 1 saturated heterocycles. The van der Waals surface area contributed by atoms with Crippen LogP contribution in [0.5, 0.6) is 5.75 Å². The summed E-state index contributed by atoms with van der Waals surface area (Å²) in [6.07, 6.45) is 4.43. The maximum atomic E-state index is 13.1. The van der Waals surface area contributed by atoms with E-state index in [1.165, 1.54) is 31.4 Å². The Balaban J connectivity index is 1.82. The van der Waals surface area contributed by atoms with Crippen LogP contribution >= 0.6 is 0 Å². The molecule has 0 aromatic heterocycles. The summed E-state index contributed by atoms with van der Waals surface area (Å²) >= 11 is 0. The van der Waals surface area contributed by atoms with Crippen LogP contribution in [0.25, 0.3) is 0 Å². The average molecular weight is 251 g/mol. The molecule has 1 aromatic rings. The highest BCUT2D eigenvalue weighted by Crippen LogP contribution is 2.15. The molecule has 0 N–H and O–H groups in total. The normalized spacial score (nSPS) is 16.5. The lowest BCUT2D eigenvalue weighted by Crippen LogP contribution is -2.33. The van der Waals surface area contributed by atoms with Gasteiger partial charge in [0.1, 0.15) is 24.5 Å². The third-order valence-corrected chi connectivity index (χ3v) is 3.15. The van der Waals surface area contributed by atoms with Crippen LogP contribution in [-0.2, 0) is 0 Å². The second-order valence-electron chi connectivity index (χ2n) is 4.59. The molecule has 1 fully saturated rings. The number of hydrogen-bond donors (Lipinski definition) is 0. The second-order valence-corrected chi connectivity index (χ2v) is 4.59. The van der Waals surface area contributed by atoms with E-state index in [1.807, 2.05) is 0 Å². The number of piperidine rings is 1. The lowest BCUT2D eigenvalue weighted by atomic mass is 10.1. The number of carbonyl (C=O) groups is 1. The molecule has 98 valence electrons. The predicted molar refractivity (Wildman–Crippen MR) is 67.6 cm³/mol. The van der Waals surface area contributed by atoms with Crippen molar-refractivity contribution in [2.45, 2.75) is 19.3 Å². The van der Waals surface area contributed by atoms with Gasteiger partial charge < -0.3 is 4.74 Å². The molecule has 0 unspecified atom stereocenters. The van der Waals surface area contributed by atoms with Crippen molar-refractivity contribution in [2.75, 3.05) is 26.2 Å². The van der Waals surface area contributed by atoms with Crippen molar-refractivity contribution in [2.24, 2.45) is 0 Å². The van der Waals surface area contributed by atoms with Gasteiger partial charge in [-0.25, -0.2) is 4.39 Å². The third kappa shape index (κ3) is 3.81. The molecule has 0 radical (unpaired) electrons. The van der Waals surface area contributed by atoms with Gasteiger partial charge in [-0.05, 0) is 38.1 Å². The van der Waals surface area contributed by atoms with Crippen molar-refractivity contribution in [3.8, 4) is 5.75 Å². The summed E-state index contributed by atoms with van der Waals surface area (Å²) in [6.45, 7) is 3.62. The van der Waals surface area contributed by atoms with Crippen molar-refractivity contribution in [1.29, 1.82) is 0 Å². The fourth-order valence-electron chi connectivity index (χ4n) is 2.21. The first kappa shape index (κ1) is 13.0. The van der Waals surface area contributed by atoms with Crippen molar-refractivity contribution >= 4 is 6.29 Å². The van der Waals surface area contributed by atoms with Crippen LogP contribution in [0.3, 0.4) is 0 Å². The van der Waals surface area contributed by atoms with Gasteiger partial charge in [-0.1, -0.05) is 6.42 Å². The van der Waals surface area contributed by atoms with E-state index in [2.05, 4.69) is 4.90 Å². The van der Waals surface area contributed by atoms with Crippen molar-refractivity contribution < 1.29 is 13.9 Å². The van der Waals surface area contributed by atoms with Crippen LogP contribution in [0, 0.1) is 5.82 Å². The van der Waals surface area contributed by atoms with E-state index in [0.29, 0.717) is 24.2 Å². The summed E-state index contributed by atoms with van der Waals surface area (Å²) < 4.78 is 18.6. The Morgan fingerprint density at radius 1 is 1.22 bits per heavy atom. The number of aldehydes is 1.